The fraction of sp³-hybridized carbons (Fsp3) is 0.350. The molecule has 0 unspecified atom stereocenters. The van der Waals surface area contributed by atoms with Crippen molar-refractivity contribution in [3.63, 3.8) is 0 Å². The molecule has 1 atom stereocenters. The molecule has 0 aliphatic rings. The SMILES string of the molecule is Cc1ccc(C(C)C)c(OCC(=O)N[C@H](C)c2ccccc2)c1. The first-order valence-electron chi connectivity index (χ1n) is 8.05. The summed E-state index contributed by atoms with van der Waals surface area (Å²) in [5.41, 5.74) is 3.33. The van der Waals surface area contributed by atoms with Crippen LogP contribution in [0.15, 0.2) is 48.5 Å². The summed E-state index contributed by atoms with van der Waals surface area (Å²) in [6.07, 6.45) is 0. The molecule has 0 aliphatic carbocycles. The van der Waals surface area contributed by atoms with Crippen molar-refractivity contribution < 1.29 is 9.53 Å². The summed E-state index contributed by atoms with van der Waals surface area (Å²) in [7, 11) is 0. The van der Waals surface area contributed by atoms with Crippen molar-refractivity contribution in [2.75, 3.05) is 6.61 Å². The second-order valence-electron chi connectivity index (χ2n) is 6.18. The van der Waals surface area contributed by atoms with Gasteiger partial charge in [-0.3, -0.25) is 4.79 Å². The van der Waals surface area contributed by atoms with Crippen LogP contribution in [0.4, 0.5) is 0 Å². The molecule has 2 aromatic rings. The summed E-state index contributed by atoms with van der Waals surface area (Å²) in [5.74, 6) is 1.04. The lowest BCUT2D eigenvalue weighted by Gasteiger charge is -2.17. The van der Waals surface area contributed by atoms with Gasteiger partial charge in [-0.05, 0) is 42.5 Å². The van der Waals surface area contributed by atoms with Crippen molar-refractivity contribution in [2.45, 2.75) is 39.7 Å². The molecule has 122 valence electrons. The molecule has 0 saturated heterocycles. The molecule has 3 heteroatoms. The lowest BCUT2D eigenvalue weighted by molar-refractivity contribution is -0.123. The lowest BCUT2D eigenvalue weighted by Crippen LogP contribution is -2.31. The van der Waals surface area contributed by atoms with Crippen LogP contribution in [-0.2, 0) is 4.79 Å². The van der Waals surface area contributed by atoms with Crippen LogP contribution in [0.25, 0.3) is 0 Å². The Hall–Kier alpha value is -2.29. The summed E-state index contributed by atoms with van der Waals surface area (Å²) < 4.78 is 5.77. The highest BCUT2D eigenvalue weighted by Gasteiger charge is 2.12. The molecule has 0 heterocycles. The summed E-state index contributed by atoms with van der Waals surface area (Å²) in [6.45, 7) is 8.26. The number of carbonyl (C=O) groups is 1. The zero-order valence-corrected chi connectivity index (χ0v) is 14.3. The van der Waals surface area contributed by atoms with Crippen molar-refractivity contribution in [2.24, 2.45) is 0 Å². The van der Waals surface area contributed by atoms with E-state index in [-0.39, 0.29) is 18.6 Å². The van der Waals surface area contributed by atoms with E-state index in [9.17, 15) is 4.79 Å². The molecular formula is C20H25NO2. The molecule has 0 radical (unpaired) electrons. The van der Waals surface area contributed by atoms with E-state index in [1.807, 2.05) is 50.2 Å². The van der Waals surface area contributed by atoms with E-state index in [4.69, 9.17) is 4.74 Å². The van der Waals surface area contributed by atoms with Crippen LogP contribution in [0.3, 0.4) is 0 Å². The van der Waals surface area contributed by atoms with E-state index in [1.54, 1.807) is 0 Å². The third kappa shape index (κ3) is 4.85. The standard InChI is InChI=1S/C20H25NO2/c1-14(2)18-11-10-15(3)12-19(18)23-13-20(22)21-16(4)17-8-6-5-7-9-17/h5-12,14,16H,13H2,1-4H3,(H,21,22)/t16-/m1/s1. The largest absolute Gasteiger partial charge is 0.483 e. The molecule has 1 N–H and O–H groups in total. The predicted octanol–water partition coefficient (Wildman–Crippen LogP) is 4.37. The van der Waals surface area contributed by atoms with Crippen molar-refractivity contribution in [3.05, 3.63) is 65.2 Å². The van der Waals surface area contributed by atoms with Gasteiger partial charge in [-0.2, -0.15) is 0 Å². The van der Waals surface area contributed by atoms with Crippen LogP contribution < -0.4 is 10.1 Å². The van der Waals surface area contributed by atoms with Gasteiger partial charge in [0.1, 0.15) is 5.75 Å². The van der Waals surface area contributed by atoms with Crippen molar-refractivity contribution in [1.29, 1.82) is 0 Å². The molecule has 2 aromatic carbocycles. The average Bonchev–Trinajstić information content (AvgIpc) is 2.53. The average molecular weight is 311 g/mol. The molecule has 0 spiro atoms. The number of rotatable bonds is 6. The number of carbonyl (C=O) groups excluding carboxylic acids is 1. The third-order valence-corrected chi connectivity index (χ3v) is 3.83. The Morgan fingerprint density at radius 3 is 2.43 bits per heavy atom. The third-order valence-electron chi connectivity index (χ3n) is 3.83. The van der Waals surface area contributed by atoms with Crippen molar-refractivity contribution >= 4 is 5.91 Å². The molecule has 0 aliphatic heterocycles. The normalized spacial score (nSPS) is 12.0. The highest BCUT2D eigenvalue weighted by Crippen LogP contribution is 2.27. The number of aryl methyl sites for hydroxylation is 1. The maximum absolute atomic E-state index is 12.1. The topological polar surface area (TPSA) is 38.3 Å². The first-order chi connectivity index (χ1) is 11.0. The van der Waals surface area contributed by atoms with Crippen molar-refractivity contribution in [3.8, 4) is 5.75 Å². The Morgan fingerprint density at radius 2 is 1.78 bits per heavy atom. The molecule has 1 amide bonds. The van der Waals surface area contributed by atoms with Gasteiger partial charge in [0.05, 0.1) is 6.04 Å². The minimum atomic E-state index is -0.113. The second-order valence-corrected chi connectivity index (χ2v) is 6.18. The van der Waals surface area contributed by atoms with Gasteiger partial charge in [0.25, 0.3) is 5.91 Å². The van der Waals surface area contributed by atoms with E-state index in [0.717, 1.165) is 22.4 Å². The minimum absolute atomic E-state index is 0.0281. The van der Waals surface area contributed by atoms with Crippen molar-refractivity contribution in [1.82, 2.24) is 5.32 Å². The van der Waals surface area contributed by atoms with E-state index < -0.39 is 0 Å². The Balaban J connectivity index is 1.96. The molecule has 2 rings (SSSR count). The van der Waals surface area contributed by atoms with Gasteiger partial charge in [-0.25, -0.2) is 0 Å². The van der Waals surface area contributed by atoms with Gasteiger partial charge in [0, 0.05) is 0 Å². The van der Waals surface area contributed by atoms with E-state index >= 15 is 0 Å². The molecule has 0 bridgehead atoms. The summed E-state index contributed by atoms with van der Waals surface area (Å²) in [6, 6.07) is 16.0. The number of benzene rings is 2. The van der Waals surface area contributed by atoms with Gasteiger partial charge in [0.2, 0.25) is 0 Å². The molecule has 0 aromatic heterocycles. The quantitative estimate of drug-likeness (QED) is 0.860. The van der Waals surface area contributed by atoms with Gasteiger partial charge in [0.15, 0.2) is 6.61 Å². The van der Waals surface area contributed by atoms with Crippen LogP contribution in [0, 0.1) is 6.92 Å². The Morgan fingerprint density at radius 1 is 1.09 bits per heavy atom. The maximum atomic E-state index is 12.1. The van der Waals surface area contributed by atoms with Crippen LogP contribution in [0.2, 0.25) is 0 Å². The van der Waals surface area contributed by atoms with Gasteiger partial charge < -0.3 is 10.1 Å². The van der Waals surface area contributed by atoms with Crippen LogP contribution in [-0.4, -0.2) is 12.5 Å². The number of amides is 1. The van der Waals surface area contributed by atoms with E-state index in [0.29, 0.717) is 5.92 Å². The van der Waals surface area contributed by atoms with Crippen LogP contribution in [0.5, 0.6) is 5.75 Å². The summed E-state index contributed by atoms with van der Waals surface area (Å²) in [5, 5.41) is 2.97. The molecular weight excluding hydrogens is 286 g/mol. The van der Waals surface area contributed by atoms with Gasteiger partial charge >= 0.3 is 0 Å². The number of hydrogen-bond donors (Lipinski definition) is 1. The van der Waals surface area contributed by atoms with Crippen LogP contribution in [0.1, 0.15) is 49.4 Å². The molecule has 0 fully saturated rings. The van der Waals surface area contributed by atoms with Gasteiger partial charge in [-0.1, -0.05) is 56.3 Å². The van der Waals surface area contributed by atoms with E-state index in [1.165, 1.54) is 0 Å². The Bertz CT molecular complexity index is 650. The van der Waals surface area contributed by atoms with E-state index in [2.05, 4.69) is 31.3 Å². The molecule has 0 saturated carbocycles. The highest BCUT2D eigenvalue weighted by atomic mass is 16.5. The number of ether oxygens (including phenoxy) is 1. The zero-order chi connectivity index (χ0) is 16.8. The maximum Gasteiger partial charge on any atom is 0.258 e. The first kappa shape index (κ1) is 17.1. The monoisotopic (exact) mass is 311 g/mol. The smallest absolute Gasteiger partial charge is 0.258 e. The lowest BCUT2D eigenvalue weighted by atomic mass is 10.0. The fourth-order valence-corrected chi connectivity index (χ4v) is 2.50. The second kappa shape index (κ2) is 7.82. The van der Waals surface area contributed by atoms with Crippen LogP contribution >= 0.6 is 0 Å². The Kier molecular flexibility index (Phi) is 5.80. The Labute approximate surface area is 138 Å². The minimum Gasteiger partial charge on any atom is -0.483 e. The first-order valence-corrected chi connectivity index (χ1v) is 8.05. The highest BCUT2D eigenvalue weighted by molar-refractivity contribution is 5.78. The van der Waals surface area contributed by atoms with Gasteiger partial charge in [-0.15, -0.1) is 0 Å². The number of nitrogens with one attached hydrogen (secondary N) is 1. The molecule has 23 heavy (non-hydrogen) atoms. The summed E-state index contributed by atoms with van der Waals surface area (Å²) in [4.78, 5) is 12.1. The fourth-order valence-electron chi connectivity index (χ4n) is 2.50. The number of hydrogen-bond acceptors (Lipinski definition) is 2. The zero-order valence-electron chi connectivity index (χ0n) is 14.3. The summed E-state index contributed by atoms with van der Waals surface area (Å²) >= 11 is 0. The predicted molar refractivity (Wildman–Crippen MR) is 93.8 cm³/mol. The molecule has 3 nitrogen and oxygen atoms in total.